The average molecular weight is 490 g/mol. The molecule has 4 N–H and O–H groups in total. The molecule has 3 amide bonds. The fourth-order valence-corrected chi connectivity index (χ4v) is 3.33. The summed E-state index contributed by atoms with van der Waals surface area (Å²) in [5, 5.41) is 5.70. The highest BCUT2D eigenvalue weighted by Crippen LogP contribution is 2.13. The zero-order valence-electron chi connectivity index (χ0n) is 21.1. The van der Waals surface area contributed by atoms with Gasteiger partial charge in [0.1, 0.15) is 11.6 Å². The lowest BCUT2D eigenvalue weighted by Gasteiger charge is -2.16. The van der Waals surface area contributed by atoms with Crippen molar-refractivity contribution in [1.82, 2.24) is 5.32 Å². The third kappa shape index (κ3) is 15.5. The second-order valence-corrected chi connectivity index (χ2v) is 8.96. The maximum Gasteiger partial charge on any atom is 0.224 e. The number of hydrogen-bond donors (Lipinski definition) is 3. The number of carbonyl (C=O) groups is 5. The molecule has 0 aromatic heterocycles. The molecule has 35 heavy (non-hydrogen) atoms. The Balaban J connectivity index is 2.20. The molecule has 0 aliphatic heterocycles. The minimum Gasteiger partial charge on any atom is -0.378 e. The van der Waals surface area contributed by atoms with E-state index in [0.717, 1.165) is 5.56 Å². The van der Waals surface area contributed by atoms with Crippen molar-refractivity contribution < 1.29 is 28.7 Å². The minimum atomic E-state index is -0.347. The summed E-state index contributed by atoms with van der Waals surface area (Å²) in [5.41, 5.74) is 6.72. The fourth-order valence-electron chi connectivity index (χ4n) is 3.33. The summed E-state index contributed by atoms with van der Waals surface area (Å²) in [6.07, 6.45) is 3.19. The first-order valence-electron chi connectivity index (χ1n) is 12.1. The molecule has 0 radical (unpaired) electrons. The van der Waals surface area contributed by atoms with Crippen LogP contribution in [0.5, 0.6) is 0 Å². The first-order chi connectivity index (χ1) is 16.5. The van der Waals surface area contributed by atoms with Gasteiger partial charge in [-0.1, -0.05) is 12.1 Å². The predicted octanol–water partition coefficient (Wildman–Crippen LogP) is 2.84. The molecule has 0 aliphatic rings. The van der Waals surface area contributed by atoms with E-state index in [0.29, 0.717) is 44.4 Å². The number of rotatable bonds is 18. The van der Waals surface area contributed by atoms with Crippen LogP contribution in [0.4, 0.5) is 5.69 Å². The van der Waals surface area contributed by atoms with Gasteiger partial charge in [0.2, 0.25) is 17.7 Å². The van der Waals surface area contributed by atoms with Crippen LogP contribution in [0.3, 0.4) is 0 Å². The van der Waals surface area contributed by atoms with E-state index in [1.54, 1.807) is 12.1 Å². The summed E-state index contributed by atoms with van der Waals surface area (Å²) in [6, 6.07) is 7.17. The number of carbonyl (C=O) groups excluding carboxylic acids is 5. The lowest BCUT2D eigenvalue weighted by molar-refractivity contribution is -0.126. The van der Waals surface area contributed by atoms with E-state index in [1.807, 2.05) is 26.0 Å². The predicted molar refractivity (Wildman–Crippen MR) is 134 cm³/mol. The van der Waals surface area contributed by atoms with Crippen molar-refractivity contribution in [3.8, 4) is 0 Å². The zero-order valence-corrected chi connectivity index (χ0v) is 21.1. The zero-order chi connectivity index (χ0) is 26.2. The first kappa shape index (κ1) is 30.0. The number of benzene rings is 1. The number of nitrogens with one attached hydrogen (secondary N) is 2. The highest BCUT2D eigenvalue weighted by molar-refractivity contribution is 5.98. The van der Waals surface area contributed by atoms with E-state index in [-0.39, 0.29) is 67.1 Å². The highest BCUT2D eigenvalue weighted by atomic mass is 16.5. The molecular formula is C26H39N3O6. The topological polar surface area (TPSA) is 145 Å². The molecule has 9 nitrogen and oxygen atoms in total. The van der Waals surface area contributed by atoms with Gasteiger partial charge in [-0.2, -0.15) is 0 Å². The minimum absolute atomic E-state index is 0.0293. The summed E-state index contributed by atoms with van der Waals surface area (Å²) in [7, 11) is 0. The van der Waals surface area contributed by atoms with Crippen molar-refractivity contribution >= 4 is 35.0 Å². The van der Waals surface area contributed by atoms with Crippen LogP contribution in [0.2, 0.25) is 0 Å². The number of ketones is 2. The van der Waals surface area contributed by atoms with Crippen LogP contribution in [-0.2, 0) is 35.1 Å². The van der Waals surface area contributed by atoms with E-state index in [1.165, 1.54) is 6.92 Å². The number of anilines is 1. The molecule has 1 rings (SSSR count). The smallest absolute Gasteiger partial charge is 0.224 e. The number of ether oxygens (including phenoxy) is 1. The maximum atomic E-state index is 12.2. The molecule has 0 bridgehead atoms. The highest BCUT2D eigenvalue weighted by Gasteiger charge is 2.11. The first-order valence-corrected chi connectivity index (χ1v) is 12.1. The van der Waals surface area contributed by atoms with E-state index >= 15 is 0 Å². The van der Waals surface area contributed by atoms with Crippen molar-refractivity contribution in [2.24, 2.45) is 5.73 Å². The van der Waals surface area contributed by atoms with E-state index in [2.05, 4.69) is 10.6 Å². The summed E-state index contributed by atoms with van der Waals surface area (Å²) < 4.78 is 5.62. The van der Waals surface area contributed by atoms with Gasteiger partial charge in [-0.3, -0.25) is 24.0 Å². The van der Waals surface area contributed by atoms with Crippen molar-refractivity contribution in [2.45, 2.75) is 90.7 Å². The quantitative estimate of drug-likeness (QED) is 0.270. The maximum absolute atomic E-state index is 12.2. The summed E-state index contributed by atoms with van der Waals surface area (Å²) in [6.45, 7) is 5.65. The molecule has 1 aromatic carbocycles. The van der Waals surface area contributed by atoms with Gasteiger partial charge in [0.05, 0.1) is 12.5 Å². The Hall–Kier alpha value is -3.07. The molecule has 0 spiro atoms. The third-order valence-corrected chi connectivity index (χ3v) is 5.34. The molecule has 0 aliphatic carbocycles. The Labute approximate surface area is 207 Å². The molecular weight excluding hydrogens is 450 g/mol. The number of nitrogens with two attached hydrogens (primary N) is 1. The summed E-state index contributed by atoms with van der Waals surface area (Å²) >= 11 is 0. The Bertz CT molecular complexity index is 853. The molecule has 0 saturated carbocycles. The molecule has 1 aromatic rings. The SMILES string of the molecule is CC(=O)CC(=O)CCc1ccc(NC(=O)CCCC(=O)NC(C)CCOC(C)CCC(N)=O)cc1. The molecule has 0 fully saturated rings. The van der Waals surface area contributed by atoms with Gasteiger partial charge < -0.3 is 21.1 Å². The van der Waals surface area contributed by atoms with Crippen molar-refractivity contribution in [3.05, 3.63) is 29.8 Å². The normalized spacial score (nSPS) is 12.4. The third-order valence-electron chi connectivity index (χ3n) is 5.34. The van der Waals surface area contributed by atoms with E-state index < -0.39 is 0 Å². The standard InChI is InChI=1S/C26H39N3O6/c1-18(15-16-35-20(3)7-14-24(27)32)28-25(33)5-4-6-26(34)29-22-11-8-21(9-12-22)10-13-23(31)17-19(2)30/h8-9,11-12,18,20H,4-7,10,13-17H2,1-3H3,(H2,27,32)(H,28,33)(H,29,34). The summed E-state index contributed by atoms with van der Waals surface area (Å²) in [5.74, 6) is -0.841. The Morgan fingerprint density at radius 1 is 0.914 bits per heavy atom. The second-order valence-electron chi connectivity index (χ2n) is 8.96. The molecule has 9 heteroatoms. The number of aryl methyl sites for hydroxylation is 1. The Morgan fingerprint density at radius 2 is 1.57 bits per heavy atom. The number of primary amides is 1. The van der Waals surface area contributed by atoms with Gasteiger partial charge >= 0.3 is 0 Å². The lowest BCUT2D eigenvalue weighted by Crippen LogP contribution is -2.33. The van der Waals surface area contributed by atoms with E-state index in [9.17, 15) is 24.0 Å². The molecule has 2 atom stereocenters. The van der Waals surface area contributed by atoms with Crippen LogP contribution in [0.15, 0.2) is 24.3 Å². The fraction of sp³-hybridized carbons (Fsp3) is 0.577. The summed E-state index contributed by atoms with van der Waals surface area (Å²) in [4.78, 5) is 57.6. The van der Waals surface area contributed by atoms with Gasteiger partial charge in [-0.15, -0.1) is 0 Å². The van der Waals surface area contributed by atoms with Gasteiger partial charge in [0, 0.05) is 44.0 Å². The van der Waals surface area contributed by atoms with Crippen LogP contribution in [0.25, 0.3) is 0 Å². The number of Topliss-reactive ketones (excluding diaryl/α,β-unsaturated/α-hetero) is 2. The van der Waals surface area contributed by atoms with Crippen molar-refractivity contribution in [2.75, 3.05) is 11.9 Å². The molecule has 194 valence electrons. The van der Waals surface area contributed by atoms with Crippen LogP contribution < -0.4 is 16.4 Å². The monoisotopic (exact) mass is 489 g/mol. The van der Waals surface area contributed by atoms with Crippen LogP contribution in [-0.4, -0.2) is 48.0 Å². The average Bonchev–Trinajstić information content (AvgIpc) is 2.76. The van der Waals surface area contributed by atoms with Gasteiger partial charge in [0.15, 0.2) is 0 Å². The Kier molecular flexibility index (Phi) is 14.2. The molecule has 0 heterocycles. The van der Waals surface area contributed by atoms with Gasteiger partial charge in [-0.05, 0) is 64.2 Å². The van der Waals surface area contributed by atoms with Crippen LogP contribution in [0.1, 0.15) is 77.7 Å². The van der Waals surface area contributed by atoms with Crippen molar-refractivity contribution in [1.29, 1.82) is 0 Å². The second kappa shape index (κ2) is 16.5. The van der Waals surface area contributed by atoms with Gasteiger partial charge in [0.25, 0.3) is 0 Å². The number of hydrogen-bond acceptors (Lipinski definition) is 6. The molecule has 0 saturated heterocycles. The van der Waals surface area contributed by atoms with E-state index in [4.69, 9.17) is 10.5 Å². The lowest BCUT2D eigenvalue weighted by atomic mass is 10.0. The van der Waals surface area contributed by atoms with Crippen LogP contribution >= 0.6 is 0 Å². The van der Waals surface area contributed by atoms with Crippen LogP contribution in [0, 0.1) is 0 Å². The largest absolute Gasteiger partial charge is 0.378 e. The molecule has 2 unspecified atom stereocenters. The Morgan fingerprint density at radius 3 is 2.20 bits per heavy atom. The van der Waals surface area contributed by atoms with Crippen molar-refractivity contribution in [3.63, 3.8) is 0 Å². The van der Waals surface area contributed by atoms with Gasteiger partial charge in [-0.25, -0.2) is 0 Å². The number of amides is 3.